The van der Waals surface area contributed by atoms with Gasteiger partial charge in [-0.15, -0.1) is 0 Å². The normalized spacial score (nSPS) is 22.4. The first-order valence-electron chi connectivity index (χ1n) is 6.57. The summed E-state index contributed by atoms with van der Waals surface area (Å²) in [4.78, 5) is 0.451. The molecule has 0 amide bonds. The maximum absolute atomic E-state index is 5.79. The molecule has 1 aromatic carbocycles. The molecule has 0 bridgehead atoms. The summed E-state index contributed by atoms with van der Waals surface area (Å²) in [7, 11) is 0. The summed E-state index contributed by atoms with van der Waals surface area (Å²) in [5, 5.41) is 4.40. The molecule has 0 radical (unpaired) electrons. The zero-order chi connectivity index (χ0) is 13.8. The Labute approximate surface area is 133 Å². The first-order valence-corrected chi connectivity index (χ1v) is 8.82. The number of hydrogen-bond acceptors (Lipinski definition) is 3. The van der Waals surface area contributed by atoms with Gasteiger partial charge in [-0.1, -0.05) is 35.1 Å². The highest BCUT2D eigenvalue weighted by molar-refractivity contribution is 9.10. The smallest absolute Gasteiger partial charge is 0.106 e. The van der Waals surface area contributed by atoms with E-state index in [1.165, 1.54) is 25.0 Å². The average Bonchev–Trinajstić information content (AvgIpc) is 2.77. The molecular weight excluding hydrogens is 340 g/mol. The van der Waals surface area contributed by atoms with E-state index >= 15 is 0 Å². The van der Waals surface area contributed by atoms with Crippen molar-refractivity contribution in [2.24, 2.45) is 5.73 Å². The van der Waals surface area contributed by atoms with Crippen LogP contribution in [-0.4, -0.2) is 22.0 Å². The van der Waals surface area contributed by atoms with Gasteiger partial charge in [-0.25, -0.2) is 0 Å². The molecule has 5 heteroatoms. The fourth-order valence-corrected chi connectivity index (χ4v) is 4.21. The maximum atomic E-state index is 5.79. The number of thioether (sulfide) groups is 1. The predicted octanol–water partition coefficient (Wildman–Crippen LogP) is 4.17. The lowest BCUT2D eigenvalue weighted by molar-refractivity contribution is 0.757. The van der Waals surface area contributed by atoms with Gasteiger partial charge in [0.2, 0.25) is 0 Å². The molecule has 1 fully saturated rings. The SMILES string of the molecule is CCSC1CCC(Nc2cc(Br)ccc2C(N)=S)C1. The number of nitrogens with one attached hydrogen (secondary N) is 1. The van der Waals surface area contributed by atoms with Crippen LogP contribution in [0.2, 0.25) is 0 Å². The van der Waals surface area contributed by atoms with Gasteiger partial charge in [0, 0.05) is 27.0 Å². The summed E-state index contributed by atoms with van der Waals surface area (Å²) in [5.74, 6) is 1.20. The van der Waals surface area contributed by atoms with Crippen molar-refractivity contribution in [3.63, 3.8) is 0 Å². The largest absolute Gasteiger partial charge is 0.389 e. The van der Waals surface area contributed by atoms with Crippen LogP contribution in [0.25, 0.3) is 0 Å². The molecule has 2 atom stereocenters. The summed E-state index contributed by atoms with van der Waals surface area (Å²) >= 11 is 10.7. The minimum Gasteiger partial charge on any atom is -0.389 e. The fraction of sp³-hybridized carbons (Fsp3) is 0.500. The van der Waals surface area contributed by atoms with Gasteiger partial charge in [0.05, 0.1) is 0 Å². The van der Waals surface area contributed by atoms with Crippen LogP contribution in [0.15, 0.2) is 22.7 Å². The van der Waals surface area contributed by atoms with Gasteiger partial charge in [0.15, 0.2) is 0 Å². The molecule has 0 aromatic heterocycles. The van der Waals surface area contributed by atoms with E-state index in [1.807, 2.05) is 12.1 Å². The van der Waals surface area contributed by atoms with E-state index < -0.39 is 0 Å². The van der Waals surface area contributed by atoms with Crippen molar-refractivity contribution in [3.05, 3.63) is 28.2 Å². The van der Waals surface area contributed by atoms with Crippen LogP contribution in [0, 0.1) is 0 Å². The first-order chi connectivity index (χ1) is 9.10. The van der Waals surface area contributed by atoms with Crippen LogP contribution in [-0.2, 0) is 0 Å². The second kappa shape index (κ2) is 6.95. The van der Waals surface area contributed by atoms with E-state index in [0.29, 0.717) is 11.0 Å². The molecule has 2 nitrogen and oxygen atoms in total. The molecule has 0 aliphatic heterocycles. The van der Waals surface area contributed by atoms with Crippen LogP contribution in [0.3, 0.4) is 0 Å². The van der Waals surface area contributed by atoms with Crippen LogP contribution in [0.4, 0.5) is 5.69 Å². The van der Waals surface area contributed by atoms with Gasteiger partial charge in [0.1, 0.15) is 4.99 Å². The topological polar surface area (TPSA) is 38.0 Å². The molecule has 2 rings (SSSR count). The van der Waals surface area contributed by atoms with Gasteiger partial charge in [0.25, 0.3) is 0 Å². The van der Waals surface area contributed by atoms with E-state index in [9.17, 15) is 0 Å². The Morgan fingerprint density at radius 2 is 2.32 bits per heavy atom. The van der Waals surface area contributed by atoms with Gasteiger partial charge in [-0.2, -0.15) is 11.8 Å². The van der Waals surface area contributed by atoms with Crippen molar-refractivity contribution in [2.45, 2.75) is 37.5 Å². The van der Waals surface area contributed by atoms with E-state index in [2.05, 4.69) is 46.0 Å². The number of thiocarbonyl (C=S) groups is 1. The highest BCUT2D eigenvalue weighted by Crippen LogP contribution is 2.32. The highest BCUT2D eigenvalue weighted by Gasteiger charge is 2.25. The standard InChI is InChI=1S/C14H19BrN2S2/c1-2-19-11-5-4-10(8-11)17-13-7-9(15)3-6-12(13)14(16)18/h3,6-7,10-11,17H,2,4-5,8H2,1H3,(H2,16,18). The van der Waals surface area contributed by atoms with Gasteiger partial charge < -0.3 is 11.1 Å². The van der Waals surface area contributed by atoms with Gasteiger partial charge in [-0.05, 0) is 43.2 Å². The van der Waals surface area contributed by atoms with Crippen LogP contribution < -0.4 is 11.1 Å². The second-order valence-corrected chi connectivity index (χ2v) is 7.72. The number of anilines is 1. The molecule has 0 heterocycles. The molecule has 19 heavy (non-hydrogen) atoms. The van der Waals surface area contributed by atoms with Crippen LogP contribution in [0.5, 0.6) is 0 Å². The Balaban J connectivity index is 2.07. The number of hydrogen-bond donors (Lipinski definition) is 2. The lowest BCUT2D eigenvalue weighted by Crippen LogP contribution is -2.20. The van der Waals surface area contributed by atoms with Crippen molar-refractivity contribution in [3.8, 4) is 0 Å². The minimum atomic E-state index is 0.451. The average molecular weight is 359 g/mol. The Hall–Kier alpha value is -0.260. The number of benzene rings is 1. The molecular formula is C14H19BrN2S2. The third-order valence-electron chi connectivity index (χ3n) is 3.39. The molecule has 1 saturated carbocycles. The minimum absolute atomic E-state index is 0.451. The zero-order valence-electron chi connectivity index (χ0n) is 11.0. The quantitative estimate of drug-likeness (QED) is 0.774. The van der Waals surface area contributed by atoms with Crippen LogP contribution in [0.1, 0.15) is 31.7 Å². The van der Waals surface area contributed by atoms with Gasteiger partial charge in [-0.3, -0.25) is 0 Å². The Morgan fingerprint density at radius 3 is 3.00 bits per heavy atom. The number of rotatable bonds is 5. The molecule has 2 unspecified atom stereocenters. The summed E-state index contributed by atoms with van der Waals surface area (Å²) in [6.45, 7) is 2.23. The van der Waals surface area contributed by atoms with Crippen molar-refractivity contribution in [2.75, 3.05) is 11.1 Å². The van der Waals surface area contributed by atoms with Crippen molar-refractivity contribution < 1.29 is 0 Å². The summed E-state index contributed by atoms with van der Waals surface area (Å²) in [6, 6.07) is 6.55. The molecule has 0 saturated heterocycles. The fourth-order valence-electron chi connectivity index (χ4n) is 2.53. The third kappa shape index (κ3) is 4.10. The third-order valence-corrected chi connectivity index (χ3v) is 5.34. The van der Waals surface area contributed by atoms with Crippen molar-refractivity contribution >= 4 is 50.6 Å². The number of nitrogens with two attached hydrogens (primary N) is 1. The summed E-state index contributed by atoms with van der Waals surface area (Å²) in [5.41, 5.74) is 7.77. The van der Waals surface area contributed by atoms with E-state index in [1.54, 1.807) is 0 Å². The Kier molecular flexibility index (Phi) is 5.54. The Bertz CT molecular complexity index is 465. The lowest BCUT2D eigenvalue weighted by atomic mass is 10.1. The molecule has 3 N–H and O–H groups in total. The van der Waals surface area contributed by atoms with E-state index in [-0.39, 0.29) is 0 Å². The second-order valence-electron chi connectivity index (χ2n) is 4.79. The van der Waals surface area contributed by atoms with Crippen molar-refractivity contribution in [1.29, 1.82) is 0 Å². The molecule has 1 aliphatic rings. The molecule has 1 aromatic rings. The molecule has 1 aliphatic carbocycles. The predicted molar refractivity (Wildman–Crippen MR) is 93.2 cm³/mol. The highest BCUT2D eigenvalue weighted by atomic mass is 79.9. The first kappa shape index (κ1) is 15.1. The lowest BCUT2D eigenvalue weighted by Gasteiger charge is -2.17. The maximum Gasteiger partial charge on any atom is 0.106 e. The van der Waals surface area contributed by atoms with Crippen LogP contribution >= 0.6 is 39.9 Å². The zero-order valence-corrected chi connectivity index (χ0v) is 14.2. The Morgan fingerprint density at radius 1 is 1.53 bits per heavy atom. The summed E-state index contributed by atoms with van der Waals surface area (Å²) < 4.78 is 1.05. The monoisotopic (exact) mass is 358 g/mol. The van der Waals surface area contributed by atoms with Crippen molar-refractivity contribution in [1.82, 2.24) is 0 Å². The summed E-state index contributed by atoms with van der Waals surface area (Å²) in [6.07, 6.45) is 3.75. The van der Waals surface area contributed by atoms with Gasteiger partial charge >= 0.3 is 0 Å². The molecule has 104 valence electrons. The van der Waals surface area contributed by atoms with E-state index in [0.717, 1.165) is 21.0 Å². The molecule has 0 spiro atoms. The van der Waals surface area contributed by atoms with E-state index in [4.69, 9.17) is 18.0 Å². The number of halogens is 1.